The summed E-state index contributed by atoms with van der Waals surface area (Å²) in [4.78, 5) is 43.3. The molecule has 0 radical (unpaired) electrons. The average molecular weight is 762 g/mol. The van der Waals surface area contributed by atoms with Crippen LogP contribution in [0, 0.1) is 29.1 Å². The van der Waals surface area contributed by atoms with Gasteiger partial charge in [-0.15, -0.1) is 11.3 Å². The smallest absolute Gasteiger partial charge is 0.265 e. The number of anilines is 1. The van der Waals surface area contributed by atoms with Crippen LogP contribution in [0.5, 0.6) is 5.75 Å². The minimum Gasteiger partial charge on any atom is -0.507 e. The van der Waals surface area contributed by atoms with Gasteiger partial charge in [0.05, 0.1) is 19.8 Å². The van der Waals surface area contributed by atoms with Crippen LogP contribution < -0.4 is 10.2 Å². The van der Waals surface area contributed by atoms with E-state index in [9.17, 15) is 24.9 Å². The number of likely N-dealkylation sites (N-methyl/N-ethyl adjacent to an activating group) is 1. The number of nitrogens with zero attached hydrogens (tertiary/aromatic N) is 4. The summed E-state index contributed by atoms with van der Waals surface area (Å²) in [5.74, 6) is -0.401. The Kier molecular flexibility index (Phi) is 13.7. The van der Waals surface area contributed by atoms with E-state index >= 15 is 0 Å². The van der Waals surface area contributed by atoms with Crippen LogP contribution in [0.4, 0.5) is 5.69 Å². The van der Waals surface area contributed by atoms with E-state index in [1.165, 1.54) is 9.94 Å². The van der Waals surface area contributed by atoms with Gasteiger partial charge < -0.3 is 30.4 Å². The highest BCUT2D eigenvalue weighted by Gasteiger charge is 2.47. The number of aliphatic hydroxyl groups is 2. The van der Waals surface area contributed by atoms with Gasteiger partial charge in [0, 0.05) is 72.5 Å². The summed E-state index contributed by atoms with van der Waals surface area (Å²) in [5, 5.41) is 39.0. The first-order valence-electron chi connectivity index (χ1n) is 19.0. The van der Waals surface area contributed by atoms with Crippen LogP contribution in [0.2, 0.25) is 0 Å². The van der Waals surface area contributed by atoms with Gasteiger partial charge in [-0.05, 0) is 85.3 Å². The SMILES string of the molecule is C[C@@H]1CC(C=NC(=O)[C@@H]2C(CO)[C@H](CO)ON2Cc2cccc(-c3cc(C(=O)N[C@@H](Cc4cccs4)CN(C)C)cc(N(C)C)c3)c2O)[C@@H](C)CC1(C)C. The molecular formula is C42H59N5O6S. The van der Waals surface area contributed by atoms with Gasteiger partial charge in [-0.25, -0.2) is 4.99 Å². The molecule has 2 fully saturated rings. The van der Waals surface area contributed by atoms with Gasteiger partial charge in [0.1, 0.15) is 17.9 Å². The molecule has 5 rings (SSSR count). The van der Waals surface area contributed by atoms with Gasteiger partial charge in [0.2, 0.25) is 0 Å². The maximum Gasteiger partial charge on any atom is 0.265 e. The normalized spacial score (nSPS) is 24.9. The van der Waals surface area contributed by atoms with E-state index in [1.807, 2.05) is 62.7 Å². The summed E-state index contributed by atoms with van der Waals surface area (Å²) in [6.07, 6.45) is 3.64. The third kappa shape index (κ3) is 9.77. The molecule has 2 aromatic carbocycles. The molecule has 0 bridgehead atoms. The largest absolute Gasteiger partial charge is 0.507 e. The number of para-hydroxylation sites is 1. The number of hydroxylamine groups is 2. The van der Waals surface area contributed by atoms with Crippen molar-refractivity contribution in [2.45, 2.75) is 71.7 Å². The van der Waals surface area contributed by atoms with Gasteiger partial charge in [-0.3, -0.25) is 14.4 Å². The van der Waals surface area contributed by atoms with E-state index in [0.29, 0.717) is 47.1 Å². The van der Waals surface area contributed by atoms with Crippen LogP contribution in [-0.4, -0.2) is 109 Å². The summed E-state index contributed by atoms with van der Waals surface area (Å²) >= 11 is 1.67. The highest BCUT2D eigenvalue weighted by atomic mass is 32.1. The Morgan fingerprint density at radius 2 is 1.85 bits per heavy atom. The predicted molar refractivity (Wildman–Crippen MR) is 216 cm³/mol. The molecule has 1 aliphatic heterocycles. The molecule has 12 heteroatoms. The molecule has 0 spiro atoms. The Balaban J connectivity index is 1.41. The summed E-state index contributed by atoms with van der Waals surface area (Å²) in [5.41, 5.74) is 3.10. The standard InChI is InChI=1S/C42H59N5O6S/c1-26-20-42(3,4)27(2)15-31(26)21-43-41(52)38-36(24-48)37(25-49)53-47(38)22-28-11-9-13-35(39(28)50)29-16-30(18-33(17-29)46(7)8)40(51)44-32(23-45(5)6)19-34-12-10-14-54-34/h9-14,16-18,21,26-27,31-32,36-38,48-50H,15,19-20,22-25H2,1-8H3,(H,44,51)/t26-,27+,31?,32-,36?,37-,38-/m0/s1. The minimum absolute atomic E-state index is 0.000690. The zero-order chi connectivity index (χ0) is 39.3. The molecule has 1 saturated carbocycles. The Morgan fingerprint density at radius 3 is 2.50 bits per heavy atom. The fourth-order valence-corrected chi connectivity index (χ4v) is 8.76. The van der Waals surface area contributed by atoms with Crippen LogP contribution in [0.15, 0.2) is 58.9 Å². The number of thiophene rings is 1. The van der Waals surface area contributed by atoms with Crippen LogP contribution in [-0.2, 0) is 22.6 Å². The second kappa shape index (κ2) is 17.9. The van der Waals surface area contributed by atoms with Crippen molar-refractivity contribution < 1.29 is 29.7 Å². The maximum atomic E-state index is 13.8. The van der Waals surface area contributed by atoms with E-state index in [4.69, 9.17) is 4.84 Å². The minimum atomic E-state index is -0.962. The Bertz CT molecular complexity index is 1760. The third-order valence-corrected chi connectivity index (χ3v) is 12.3. The van der Waals surface area contributed by atoms with Crippen LogP contribution in [0.3, 0.4) is 0 Å². The summed E-state index contributed by atoms with van der Waals surface area (Å²) < 4.78 is 0. The lowest BCUT2D eigenvalue weighted by Gasteiger charge is -2.43. The van der Waals surface area contributed by atoms with Crippen LogP contribution in [0.25, 0.3) is 11.1 Å². The van der Waals surface area contributed by atoms with Crippen molar-refractivity contribution in [1.29, 1.82) is 0 Å². The highest BCUT2D eigenvalue weighted by Crippen LogP contribution is 2.45. The number of aliphatic hydroxyl groups excluding tert-OH is 2. The number of phenolic OH excluding ortho intramolecular Hbond substituents is 1. The molecule has 2 heterocycles. The van der Waals surface area contributed by atoms with Gasteiger partial charge in [0.15, 0.2) is 0 Å². The number of aromatic hydroxyl groups is 1. The highest BCUT2D eigenvalue weighted by molar-refractivity contribution is 7.09. The van der Waals surface area contributed by atoms with E-state index in [0.717, 1.165) is 18.5 Å². The Morgan fingerprint density at radius 1 is 1.09 bits per heavy atom. The summed E-state index contributed by atoms with van der Waals surface area (Å²) in [6.45, 7) is 8.93. The molecule has 7 atom stereocenters. The molecule has 11 nitrogen and oxygen atoms in total. The zero-order valence-corrected chi connectivity index (χ0v) is 33.8. The van der Waals surface area contributed by atoms with Crippen molar-refractivity contribution in [3.63, 3.8) is 0 Å². The number of hydrogen-bond donors (Lipinski definition) is 4. The second-order valence-electron chi connectivity index (χ2n) is 16.5. The van der Waals surface area contributed by atoms with Crippen LogP contribution in [0.1, 0.15) is 61.3 Å². The molecule has 1 aliphatic carbocycles. The van der Waals surface area contributed by atoms with Crippen molar-refractivity contribution >= 4 is 35.1 Å². The average Bonchev–Trinajstić information content (AvgIpc) is 3.76. The molecule has 2 aliphatic rings. The topological polar surface area (TPSA) is 138 Å². The van der Waals surface area contributed by atoms with Crippen molar-refractivity contribution in [1.82, 2.24) is 15.3 Å². The Labute approximate surface area is 324 Å². The summed E-state index contributed by atoms with van der Waals surface area (Å²) in [6, 6.07) is 13.9. The zero-order valence-electron chi connectivity index (χ0n) is 33.0. The van der Waals surface area contributed by atoms with E-state index in [-0.39, 0.29) is 42.2 Å². The fraction of sp³-hybridized carbons (Fsp3) is 0.548. The molecule has 294 valence electrons. The first-order chi connectivity index (χ1) is 25.6. The number of rotatable bonds is 14. The number of carbonyl (C=O) groups is 2. The van der Waals surface area contributed by atoms with E-state index < -0.39 is 30.6 Å². The first kappa shape index (κ1) is 41.5. The first-order valence-corrected chi connectivity index (χ1v) is 19.8. The predicted octanol–water partition coefficient (Wildman–Crippen LogP) is 5.48. The molecule has 1 saturated heterocycles. The molecule has 3 aromatic rings. The monoisotopic (exact) mass is 761 g/mol. The lowest BCUT2D eigenvalue weighted by molar-refractivity contribution is -0.180. The number of amides is 2. The number of carbonyl (C=O) groups excluding carboxylic acids is 2. The van der Waals surface area contributed by atoms with Gasteiger partial charge in [-0.1, -0.05) is 52.0 Å². The quantitative estimate of drug-likeness (QED) is 0.158. The van der Waals surface area contributed by atoms with E-state index in [1.54, 1.807) is 35.8 Å². The third-order valence-electron chi connectivity index (χ3n) is 11.4. The molecular weight excluding hydrogens is 703 g/mol. The second-order valence-corrected chi connectivity index (χ2v) is 17.5. The van der Waals surface area contributed by atoms with E-state index in [2.05, 4.69) is 49.0 Å². The van der Waals surface area contributed by atoms with Crippen molar-refractivity contribution in [2.75, 3.05) is 52.8 Å². The van der Waals surface area contributed by atoms with Crippen LogP contribution >= 0.6 is 11.3 Å². The molecule has 54 heavy (non-hydrogen) atoms. The maximum absolute atomic E-state index is 13.8. The molecule has 4 N–H and O–H groups in total. The van der Waals surface area contributed by atoms with Gasteiger partial charge in [0.25, 0.3) is 11.8 Å². The summed E-state index contributed by atoms with van der Waals surface area (Å²) in [7, 11) is 7.77. The Hall–Kier alpha value is -3.65. The lowest BCUT2D eigenvalue weighted by Crippen LogP contribution is -2.43. The molecule has 2 amide bonds. The number of phenols is 1. The fourth-order valence-electron chi connectivity index (χ4n) is 7.98. The molecule has 2 unspecified atom stereocenters. The van der Waals surface area contributed by atoms with Gasteiger partial charge in [-0.2, -0.15) is 5.06 Å². The number of aliphatic imine (C=N–C) groups is 1. The number of benzene rings is 2. The lowest BCUT2D eigenvalue weighted by atomic mass is 9.62. The van der Waals surface area contributed by atoms with Crippen molar-refractivity contribution in [2.24, 2.45) is 34.1 Å². The van der Waals surface area contributed by atoms with Gasteiger partial charge >= 0.3 is 0 Å². The van der Waals surface area contributed by atoms with Crippen molar-refractivity contribution in [3.05, 3.63) is 69.9 Å². The molecule has 1 aromatic heterocycles. The number of hydrogen-bond acceptors (Lipinski definition) is 10. The number of nitrogens with one attached hydrogen (secondary N) is 1. The van der Waals surface area contributed by atoms with Crippen molar-refractivity contribution in [3.8, 4) is 16.9 Å².